The summed E-state index contributed by atoms with van der Waals surface area (Å²) in [6, 6.07) is 19.5. The number of carbonyl (C=O) groups excluding carboxylic acids is 2. The van der Waals surface area contributed by atoms with Gasteiger partial charge in [-0.25, -0.2) is 0 Å². The van der Waals surface area contributed by atoms with E-state index < -0.39 is 11.6 Å². The Morgan fingerprint density at radius 3 is 1.87 bits per heavy atom. The molecule has 0 aliphatic heterocycles. The lowest BCUT2D eigenvalue weighted by Crippen LogP contribution is -2.16. The first-order valence-electron chi connectivity index (χ1n) is 9.58. The van der Waals surface area contributed by atoms with Gasteiger partial charge in [-0.1, -0.05) is 24.3 Å². The molecule has 0 amide bonds. The fourth-order valence-corrected chi connectivity index (χ4v) is 3.25. The highest BCUT2D eigenvalue weighted by Gasteiger charge is 2.21. The number of rotatable bonds is 9. The van der Waals surface area contributed by atoms with E-state index in [-0.39, 0.29) is 0 Å². The number of ether oxygens (including phenoxy) is 3. The predicted octanol–water partition coefficient (Wildman–Crippen LogP) is 4.56. The van der Waals surface area contributed by atoms with Gasteiger partial charge in [-0.2, -0.15) is 0 Å². The van der Waals surface area contributed by atoms with Crippen molar-refractivity contribution >= 4 is 11.6 Å². The van der Waals surface area contributed by atoms with Gasteiger partial charge in [-0.05, 0) is 60.4 Å². The largest absolute Gasteiger partial charge is 0.497 e. The van der Waals surface area contributed by atoms with Crippen molar-refractivity contribution in [3.63, 3.8) is 0 Å². The Morgan fingerprint density at radius 2 is 1.27 bits per heavy atom. The van der Waals surface area contributed by atoms with E-state index in [1.165, 1.54) is 0 Å². The van der Waals surface area contributed by atoms with Gasteiger partial charge in [0.15, 0.2) is 0 Å². The van der Waals surface area contributed by atoms with Crippen LogP contribution in [0.4, 0.5) is 0 Å². The highest BCUT2D eigenvalue weighted by Crippen LogP contribution is 2.24. The number of benzene rings is 3. The third-order valence-electron chi connectivity index (χ3n) is 4.91. The maximum Gasteiger partial charge on any atom is 0.233 e. The van der Waals surface area contributed by atoms with Gasteiger partial charge < -0.3 is 14.2 Å². The van der Waals surface area contributed by atoms with Crippen molar-refractivity contribution in [3.05, 3.63) is 89.0 Å². The van der Waals surface area contributed by atoms with Crippen LogP contribution in [0, 0.1) is 0 Å². The quantitative estimate of drug-likeness (QED) is 0.386. The van der Waals surface area contributed by atoms with E-state index >= 15 is 0 Å². The van der Waals surface area contributed by atoms with Crippen molar-refractivity contribution in [2.45, 2.75) is 12.8 Å². The number of aryl methyl sites for hydroxylation is 2. The van der Waals surface area contributed by atoms with E-state index in [9.17, 15) is 9.59 Å². The summed E-state index contributed by atoms with van der Waals surface area (Å²) in [6.45, 7) is 0. The molecule has 0 aromatic heterocycles. The standard InChI is InChI=1S/C25H24O5/c1-28-20-12-10-19(11-13-20)24(26)25(27)23-7-5-4-6-18(23)9-8-17-14-21(29-2)16-22(15-17)30-3/h4-7,10-16H,8-9H2,1-3H3. The van der Waals surface area contributed by atoms with Gasteiger partial charge in [0, 0.05) is 17.2 Å². The van der Waals surface area contributed by atoms with Crippen LogP contribution < -0.4 is 14.2 Å². The van der Waals surface area contributed by atoms with Gasteiger partial charge in [0.25, 0.3) is 0 Å². The van der Waals surface area contributed by atoms with Crippen molar-refractivity contribution in [2.75, 3.05) is 21.3 Å². The van der Waals surface area contributed by atoms with Crippen LogP contribution in [0.1, 0.15) is 31.8 Å². The summed E-state index contributed by atoms with van der Waals surface area (Å²) in [5.74, 6) is 1.01. The van der Waals surface area contributed by atoms with Gasteiger partial charge in [-0.3, -0.25) is 9.59 Å². The first kappa shape index (κ1) is 21.1. The Kier molecular flexibility index (Phi) is 6.86. The lowest BCUT2D eigenvalue weighted by molar-refractivity contribution is 0.0816. The summed E-state index contributed by atoms with van der Waals surface area (Å²) in [6.07, 6.45) is 1.28. The molecule has 0 spiro atoms. The summed E-state index contributed by atoms with van der Waals surface area (Å²) in [5.41, 5.74) is 2.61. The van der Waals surface area contributed by atoms with Gasteiger partial charge in [0.05, 0.1) is 21.3 Å². The molecule has 5 heteroatoms. The third-order valence-corrected chi connectivity index (χ3v) is 4.91. The number of hydrogen-bond acceptors (Lipinski definition) is 5. The monoisotopic (exact) mass is 404 g/mol. The highest BCUT2D eigenvalue weighted by molar-refractivity contribution is 6.49. The van der Waals surface area contributed by atoms with Crippen LogP contribution >= 0.6 is 0 Å². The lowest BCUT2D eigenvalue weighted by Gasteiger charge is -2.11. The van der Waals surface area contributed by atoms with Crippen molar-refractivity contribution < 1.29 is 23.8 Å². The number of hydrogen-bond donors (Lipinski definition) is 0. The molecule has 0 N–H and O–H groups in total. The normalized spacial score (nSPS) is 10.4. The molecule has 30 heavy (non-hydrogen) atoms. The number of methoxy groups -OCH3 is 3. The molecule has 0 aliphatic rings. The van der Waals surface area contributed by atoms with Crippen molar-refractivity contribution in [1.29, 1.82) is 0 Å². The molecule has 0 saturated heterocycles. The minimum atomic E-state index is -0.534. The average Bonchev–Trinajstić information content (AvgIpc) is 2.81. The highest BCUT2D eigenvalue weighted by atomic mass is 16.5. The van der Waals surface area contributed by atoms with Gasteiger partial charge in [0.1, 0.15) is 17.2 Å². The number of carbonyl (C=O) groups is 2. The summed E-state index contributed by atoms with van der Waals surface area (Å²) in [7, 11) is 4.77. The van der Waals surface area contributed by atoms with Crippen LogP contribution in [0.25, 0.3) is 0 Å². The second-order valence-corrected chi connectivity index (χ2v) is 6.76. The molecule has 3 aromatic rings. The van der Waals surface area contributed by atoms with Crippen molar-refractivity contribution in [2.24, 2.45) is 0 Å². The maximum atomic E-state index is 12.9. The van der Waals surface area contributed by atoms with Crippen molar-refractivity contribution in [3.8, 4) is 17.2 Å². The van der Waals surface area contributed by atoms with E-state index in [1.54, 1.807) is 57.7 Å². The van der Waals surface area contributed by atoms with Crippen LogP contribution in [-0.4, -0.2) is 32.9 Å². The predicted molar refractivity (Wildman–Crippen MR) is 115 cm³/mol. The minimum Gasteiger partial charge on any atom is -0.497 e. The fraction of sp³-hybridized carbons (Fsp3) is 0.200. The second-order valence-electron chi connectivity index (χ2n) is 6.76. The summed E-state index contributed by atoms with van der Waals surface area (Å²) in [4.78, 5) is 25.6. The molecule has 3 rings (SSSR count). The van der Waals surface area contributed by atoms with Crippen LogP contribution in [0.3, 0.4) is 0 Å². The summed E-state index contributed by atoms with van der Waals surface area (Å²) >= 11 is 0. The zero-order chi connectivity index (χ0) is 21.5. The average molecular weight is 404 g/mol. The zero-order valence-electron chi connectivity index (χ0n) is 17.3. The molecule has 5 nitrogen and oxygen atoms in total. The molecule has 0 saturated carbocycles. The Hall–Kier alpha value is -3.60. The molecular formula is C25H24O5. The number of Topliss-reactive ketones (excluding diaryl/α,β-unsaturated/α-hetero) is 2. The molecule has 3 aromatic carbocycles. The Balaban J connectivity index is 1.80. The van der Waals surface area contributed by atoms with Gasteiger partial charge in [-0.15, -0.1) is 0 Å². The second kappa shape index (κ2) is 9.74. The summed E-state index contributed by atoms with van der Waals surface area (Å²) < 4.78 is 15.7. The zero-order valence-corrected chi connectivity index (χ0v) is 17.3. The topological polar surface area (TPSA) is 61.8 Å². The third kappa shape index (κ3) is 4.87. The Labute approximate surface area is 176 Å². The Morgan fingerprint density at radius 1 is 0.667 bits per heavy atom. The van der Waals surface area contributed by atoms with Crippen LogP contribution in [-0.2, 0) is 12.8 Å². The molecule has 0 atom stereocenters. The van der Waals surface area contributed by atoms with E-state index in [1.807, 2.05) is 30.3 Å². The van der Waals surface area contributed by atoms with Gasteiger partial charge >= 0.3 is 0 Å². The lowest BCUT2D eigenvalue weighted by atomic mass is 9.94. The molecule has 0 bridgehead atoms. The first-order valence-corrected chi connectivity index (χ1v) is 9.58. The first-order chi connectivity index (χ1) is 14.5. The van der Waals surface area contributed by atoms with E-state index in [2.05, 4.69) is 0 Å². The van der Waals surface area contributed by atoms with E-state index in [0.717, 1.165) is 11.1 Å². The molecule has 0 aliphatic carbocycles. The Bertz CT molecular complexity index is 1020. The smallest absolute Gasteiger partial charge is 0.233 e. The fourth-order valence-electron chi connectivity index (χ4n) is 3.25. The van der Waals surface area contributed by atoms with Gasteiger partial charge in [0.2, 0.25) is 11.6 Å². The molecule has 0 heterocycles. The molecule has 154 valence electrons. The van der Waals surface area contributed by atoms with E-state index in [4.69, 9.17) is 14.2 Å². The molecule has 0 radical (unpaired) electrons. The van der Waals surface area contributed by atoms with Crippen LogP contribution in [0.15, 0.2) is 66.7 Å². The van der Waals surface area contributed by atoms with Crippen LogP contribution in [0.5, 0.6) is 17.2 Å². The number of ketones is 2. The SMILES string of the molecule is COc1ccc(C(=O)C(=O)c2ccccc2CCc2cc(OC)cc(OC)c2)cc1. The van der Waals surface area contributed by atoms with Crippen molar-refractivity contribution in [1.82, 2.24) is 0 Å². The summed E-state index contributed by atoms with van der Waals surface area (Å²) in [5, 5.41) is 0. The molecule has 0 fully saturated rings. The molecular weight excluding hydrogens is 380 g/mol. The maximum absolute atomic E-state index is 12.9. The van der Waals surface area contributed by atoms with E-state index in [0.29, 0.717) is 41.2 Å². The minimum absolute atomic E-state index is 0.341. The van der Waals surface area contributed by atoms with Crippen LogP contribution in [0.2, 0.25) is 0 Å². The molecule has 0 unspecified atom stereocenters.